The van der Waals surface area contributed by atoms with E-state index in [1.165, 1.54) is 0 Å². The molecule has 10 heteroatoms. The van der Waals surface area contributed by atoms with Crippen molar-refractivity contribution in [3.05, 3.63) is 0 Å². The molecular weight excluding hydrogens is 248 g/mol. The third kappa shape index (κ3) is 7.73. The van der Waals surface area contributed by atoms with E-state index < -0.39 is 37.1 Å². The molecule has 18 heavy (non-hydrogen) atoms. The summed E-state index contributed by atoms with van der Waals surface area (Å²) in [7, 11) is 0. The second-order valence-electron chi connectivity index (χ2n) is 3.12. The minimum Gasteiger partial charge on any atom is -0.480 e. The lowest BCUT2D eigenvalue weighted by Gasteiger charge is -2.19. The summed E-state index contributed by atoms with van der Waals surface area (Å²) in [5.74, 6) is -2.14. The van der Waals surface area contributed by atoms with Gasteiger partial charge in [-0.15, -0.1) is 0 Å². The van der Waals surface area contributed by atoms with E-state index in [0.29, 0.717) is 4.90 Å². The molecule has 10 nitrogen and oxygen atoms in total. The predicted molar refractivity (Wildman–Crippen MR) is 57.3 cm³/mol. The molecule has 0 aromatic rings. The van der Waals surface area contributed by atoms with Crippen molar-refractivity contribution in [1.29, 1.82) is 0 Å². The molecule has 0 aliphatic carbocycles. The van der Waals surface area contributed by atoms with Crippen molar-refractivity contribution in [2.45, 2.75) is 0 Å². The van der Waals surface area contributed by atoms with Crippen molar-refractivity contribution in [3.8, 4) is 0 Å². The lowest BCUT2D eigenvalue weighted by Crippen LogP contribution is -2.47. The van der Waals surface area contributed by atoms with Crippen LogP contribution in [0.2, 0.25) is 0 Å². The van der Waals surface area contributed by atoms with Crippen LogP contribution in [0.1, 0.15) is 0 Å². The molecule has 0 saturated heterocycles. The Hall–Kier alpha value is -2.52. The molecular formula is C8H14N4O6. The summed E-state index contributed by atoms with van der Waals surface area (Å²) >= 11 is 0. The van der Waals surface area contributed by atoms with E-state index in [2.05, 4.69) is 15.8 Å². The van der Waals surface area contributed by atoms with Crippen molar-refractivity contribution >= 4 is 24.0 Å². The maximum absolute atomic E-state index is 11.4. The van der Waals surface area contributed by atoms with Gasteiger partial charge in [0.25, 0.3) is 0 Å². The number of carboxylic acid groups (broad SMARTS) is 1. The van der Waals surface area contributed by atoms with E-state index in [1.54, 1.807) is 0 Å². The molecule has 0 unspecified atom stereocenters. The highest BCUT2D eigenvalue weighted by molar-refractivity contribution is 5.85. The molecule has 0 aliphatic rings. The SMILES string of the molecule is NC(=O)CN(CC(=O)O)C(=O)NCCOC(N)=O. The summed E-state index contributed by atoms with van der Waals surface area (Å²) in [6, 6.07) is -0.815. The highest BCUT2D eigenvalue weighted by atomic mass is 16.5. The Morgan fingerprint density at radius 1 is 1.17 bits per heavy atom. The van der Waals surface area contributed by atoms with Gasteiger partial charge in [0.05, 0.1) is 6.54 Å². The van der Waals surface area contributed by atoms with Gasteiger partial charge in [0.1, 0.15) is 19.7 Å². The smallest absolute Gasteiger partial charge is 0.404 e. The fourth-order valence-electron chi connectivity index (χ4n) is 0.972. The first kappa shape index (κ1) is 15.5. The molecule has 0 fully saturated rings. The zero-order chi connectivity index (χ0) is 14.1. The van der Waals surface area contributed by atoms with Crippen LogP contribution in [0.15, 0.2) is 0 Å². The van der Waals surface area contributed by atoms with Crippen molar-refractivity contribution in [1.82, 2.24) is 10.2 Å². The number of nitrogens with one attached hydrogen (secondary N) is 1. The monoisotopic (exact) mass is 262 g/mol. The molecule has 0 bridgehead atoms. The molecule has 0 rings (SSSR count). The third-order valence-electron chi connectivity index (χ3n) is 1.58. The highest BCUT2D eigenvalue weighted by Gasteiger charge is 2.18. The van der Waals surface area contributed by atoms with Gasteiger partial charge in [-0.25, -0.2) is 9.59 Å². The molecule has 0 aromatic heterocycles. The second-order valence-corrected chi connectivity index (χ2v) is 3.12. The Labute approximate surface area is 102 Å². The topological polar surface area (TPSA) is 165 Å². The molecule has 6 N–H and O–H groups in total. The van der Waals surface area contributed by atoms with Crippen molar-refractivity contribution in [3.63, 3.8) is 0 Å². The van der Waals surface area contributed by atoms with Crippen LogP contribution in [0, 0.1) is 0 Å². The van der Waals surface area contributed by atoms with Gasteiger partial charge in [-0.2, -0.15) is 0 Å². The summed E-state index contributed by atoms with van der Waals surface area (Å²) in [6.45, 7) is -1.45. The maximum atomic E-state index is 11.4. The van der Waals surface area contributed by atoms with Gasteiger partial charge in [0.15, 0.2) is 0 Å². The van der Waals surface area contributed by atoms with Gasteiger partial charge in [-0.1, -0.05) is 0 Å². The quantitative estimate of drug-likeness (QED) is 0.375. The molecule has 0 heterocycles. The van der Waals surface area contributed by atoms with Gasteiger partial charge in [-0.3, -0.25) is 9.59 Å². The van der Waals surface area contributed by atoms with Crippen LogP contribution in [-0.2, 0) is 14.3 Å². The van der Waals surface area contributed by atoms with Gasteiger partial charge in [-0.05, 0) is 0 Å². The van der Waals surface area contributed by atoms with E-state index >= 15 is 0 Å². The summed E-state index contributed by atoms with van der Waals surface area (Å²) in [5.41, 5.74) is 9.54. The number of nitrogens with two attached hydrogens (primary N) is 2. The molecule has 0 radical (unpaired) electrons. The van der Waals surface area contributed by atoms with Crippen molar-refractivity contribution in [2.24, 2.45) is 11.5 Å². The van der Waals surface area contributed by atoms with Crippen LogP contribution in [0.3, 0.4) is 0 Å². The zero-order valence-electron chi connectivity index (χ0n) is 9.42. The minimum atomic E-state index is -1.29. The van der Waals surface area contributed by atoms with Gasteiger partial charge < -0.3 is 31.5 Å². The Morgan fingerprint density at radius 2 is 1.78 bits per heavy atom. The first-order valence-corrected chi connectivity index (χ1v) is 4.78. The molecule has 0 spiro atoms. The lowest BCUT2D eigenvalue weighted by molar-refractivity contribution is -0.137. The van der Waals surface area contributed by atoms with E-state index in [-0.39, 0.29) is 13.2 Å². The van der Waals surface area contributed by atoms with Crippen LogP contribution in [0.25, 0.3) is 0 Å². The van der Waals surface area contributed by atoms with Crippen molar-refractivity contribution < 1.29 is 29.0 Å². The number of ether oxygens (including phenoxy) is 1. The normalized spacial score (nSPS) is 9.33. The molecule has 0 aliphatic heterocycles. The van der Waals surface area contributed by atoms with Crippen LogP contribution in [0.4, 0.5) is 9.59 Å². The molecule has 0 saturated carbocycles. The standard InChI is InChI=1S/C8H14N4O6/c9-5(13)3-12(4-6(14)15)8(17)11-1-2-18-7(10)16/h1-4H2,(H2,9,13)(H2,10,16)(H,11,17)(H,14,15). The highest BCUT2D eigenvalue weighted by Crippen LogP contribution is 1.89. The maximum Gasteiger partial charge on any atom is 0.404 e. The zero-order valence-corrected chi connectivity index (χ0v) is 9.42. The molecule has 0 aromatic carbocycles. The van der Waals surface area contributed by atoms with E-state index in [1.807, 2.05) is 0 Å². The van der Waals surface area contributed by atoms with E-state index in [4.69, 9.17) is 10.8 Å². The fourth-order valence-corrected chi connectivity index (χ4v) is 0.972. The van der Waals surface area contributed by atoms with Crippen molar-refractivity contribution in [2.75, 3.05) is 26.2 Å². The number of hydrogen-bond acceptors (Lipinski definition) is 5. The third-order valence-corrected chi connectivity index (χ3v) is 1.58. The average Bonchev–Trinajstić information content (AvgIpc) is 2.21. The second kappa shape index (κ2) is 7.70. The number of carbonyl (C=O) groups excluding carboxylic acids is 3. The van der Waals surface area contributed by atoms with E-state index in [9.17, 15) is 19.2 Å². The average molecular weight is 262 g/mol. The first-order valence-electron chi connectivity index (χ1n) is 4.78. The summed E-state index contributed by atoms with van der Waals surface area (Å²) < 4.78 is 4.33. The van der Waals surface area contributed by atoms with Crippen LogP contribution >= 0.6 is 0 Å². The summed E-state index contributed by atoms with van der Waals surface area (Å²) in [6.07, 6.45) is -0.997. The number of primary amides is 2. The molecule has 4 amide bonds. The number of nitrogens with zero attached hydrogens (tertiary/aromatic N) is 1. The van der Waals surface area contributed by atoms with Gasteiger partial charge in [0, 0.05) is 0 Å². The van der Waals surface area contributed by atoms with E-state index in [0.717, 1.165) is 0 Å². The Balaban J connectivity index is 4.16. The van der Waals surface area contributed by atoms with Crippen LogP contribution in [0.5, 0.6) is 0 Å². The number of urea groups is 1. The fraction of sp³-hybridized carbons (Fsp3) is 0.500. The molecule has 102 valence electrons. The lowest BCUT2D eigenvalue weighted by atomic mass is 10.4. The van der Waals surface area contributed by atoms with Gasteiger partial charge >= 0.3 is 18.1 Å². The number of amides is 4. The predicted octanol–water partition coefficient (Wildman–Crippen LogP) is -2.34. The number of carbonyl (C=O) groups is 4. The van der Waals surface area contributed by atoms with Gasteiger partial charge in [0.2, 0.25) is 5.91 Å². The number of rotatable bonds is 7. The van der Waals surface area contributed by atoms with Crippen LogP contribution < -0.4 is 16.8 Å². The largest absolute Gasteiger partial charge is 0.480 e. The Morgan fingerprint density at radius 3 is 2.22 bits per heavy atom. The number of hydrogen-bond donors (Lipinski definition) is 4. The Bertz CT molecular complexity index is 328. The molecule has 0 atom stereocenters. The summed E-state index contributed by atoms with van der Waals surface area (Å²) in [4.78, 5) is 43.4. The number of aliphatic carboxylic acids is 1. The minimum absolute atomic E-state index is 0.0728. The summed E-state index contributed by atoms with van der Waals surface area (Å²) in [5, 5.41) is 10.8. The van der Waals surface area contributed by atoms with Crippen LogP contribution in [-0.4, -0.2) is 60.2 Å². The number of carboxylic acids is 1. The Kier molecular flexibility index (Phi) is 6.63. The first-order chi connectivity index (χ1) is 8.32.